The van der Waals surface area contributed by atoms with Gasteiger partial charge in [0.2, 0.25) is 5.89 Å². The molecule has 0 fully saturated rings. The Balaban J connectivity index is 1.72. The molecule has 0 radical (unpaired) electrons. The Morgan fingerprint density at radius 2 is 1.83 bits per heavy atom. The van der Waals surface area contributed by atoms with E-state index in [0.29, 0.717) is 23.0 Å². The minimum atomic E-state index is -1.19. The number of aryl methyl sites for hydroxylation is 2. The summed E-state index contributed by atoms with van der Waals surface area (Å²) in [5.41, 5.74) is 2.17. The largest absolute Gasteiger partial charge is 0.445 e. The number of hydrogen-bond donors (Lipinski definition) is 0. The van der Waals surface area contributed by atoms with Gasteiger partial charge in [0.1, 0.15) is 17.3 Å². The number of hydrogen-bond acceptors (Lipinski definition) is 5. The maximum Gasteiger partial charge on any atom is 0.207 e. The highest BCUT2D eigenvalue weighted by Gasteiger charge is 2.12. The quantitative estimate of drug-likeness (QED) is 0.709. The molecule has 0 aliphatic heterocycles. The van der Waals surface area contributed by atoms with Crippen LogP contribution in [0.15, 0.2) is 40.9 Å². The minimum absolute atomic E-state index is 0.241. The first-order chi connectivity index (χ1) is 11.5. The molecule has 0 N–H and O–H groups in total. The predicted molar refractivity (Wildman–Crippen MR) is 89.0 cm³/mol. The second-order valence-electron chi connectivity index (χ2n) is 5.36. The van der Waals surface area contributed by atoms with Crippen molar-refractivity contribution in [2.24, 2.45) is 0 Å². The lowest BCUT2D eigenvalue weighted by Crippen LogP contribution is -2.03. The zero-order valence-corrected chi connectivity index (χ0v) is 14.1. The molecule has 7 heteroatoms. The molecule has 124 valence electrons. The van der Waals surface area contributed by atoms with Crippen LogP contribution in [0.5, 0.6) is 0 Å². The Hall–Kier alpha value is -2.41. The Morgan fingerprint density at radius 3 is 2.50 bits per heavy atom. The van der Waals surface area contributed by atoms with E-state index in [0.717, 1.165) is 11.5 Å². The molecule has 2 heterocycles. The third kappa shape index (κ3) is 3.91. The van der Waals surface area contributed by atoms with Gasteiger partial charge in [-0.05, 0) is 44.2 Å². The van der Waals surface area contributed by atoms with Gasteiger partial charge in [-0.15, -0.1) is 0 Å². The fraction of sp³-hybridized carbons (Fsp3) is 0.235. The molecule has 5 nitrogen and oxygen atoms in total. The Labute approximate surface area is 141 Å². The summed E-state index contributed by atoms with van der Waals surface area (Å²) in [7, 11) is -1.19. The van der Waals surface area contributed by atoms with Gasteiger partial charge in [0.05, 0.1) is 17.1 Å². The zero-order chi connectivity index (χ0) is 17.1. The molecule has 0 saturated carbocycles. The lowest BCUT2D eigenvalue weighted by Gasteiger charge is -2.04. The smallest absolute Gasteiger partial charge is 0.207 e. The summed E-state index contributed by atoms with van der Waals surface area (Å²) in [5.74, 6) is 1.89. The topological polar surface area (TPSA) is 68.9 Å². The third-order valence-electron chi connectivity index (χ3n) is 3.48. The molecule has 0 unspecified atom stereocenters. The van der Waals surface area contributed by atoms with E-state index < -0.39 is 10.8 Å². The van der Waals surface area contributed by atoms with Crippen LogP contribution in [0, 0.1) is 19.7 Å². The van der Waals surface area contributed by atoms with Crippen molar-refractivity contribution in [1.82, 2.24) is 15.0 Å². The number of benzene rings is 1. The highest BCUT2D eigenvalue weighted by molar-refractivity contribution is 7.83. The standard InChI is InChI=1S/C17H16FN3O2S/c1-11-12(2)23-16(20-11)10-24(22)9-15-7-8-19-17(21-15)13-3-5-14(18)6-4-13/h3-8H,9-10H2,1-2H3/t24-/m1/s1. The third-order valence-corrected chi connectivity index (χ3v) is 4.67. The van der Waals surface area contributed by atoms with Crippen molar-refractivity contribution < 1.29 is 13.0 Å². The predicted octanol–water partition coefficient (Wildman–Crippen LogP) is 3.34. The average Bonchev–Trinajstić information content (AvgIpc) is 2.86. The Morgan fingerprint density at radius 1 is 1.08 bits per heavy atom. The molecule has 0 spiro atoms. The van der Waals surface area contributed by atoms with E-state index in [2.05, 4.69) is 15.0 Å². The van der Waals surface area contributed by atoms with Gasteiger partial charge in [-0.1, -0.05) is 0 Å². The molecule has 0 aliphatic carbocycles. The van der Waals surface area contributed by atoms with Gasteiger partial charge in [-0.2, -0.15) is 0 Å². The summed E-state index contributed by atoms with van der Waals surface area (Å²) in [4.78, 5) is 12.8. The van der Waals surface area contributed by atoms with Crippen LogP contribution in [0.1, 0.15) is 23.0 Å². The van der Waals surface area contributed by atoms with Crippen LogP contribution in [-0.2, 0) is 22.3 Å². The number of rotatable bonds is 5. The van der Waals surface area contributed by atoms with Crippen molar-refractivity contribution in [3.05, 3.63) is 65.4 Å². The Kier molecular flexibility index (Phi) is 4.80. The highest BCUT2D eigenvalue weighted by Crippen LogP contribution is 2.16. The maximum absolute atomic E-state index is 13.0. The summed E-state index contributed by atoms with van der Waals surface area (Å²) < 4.78 is 30.7. The molecule has 1 atom stereocenters. The molecule has 0 bridgehead atoms. The molecule has 3 aromatic rings. The number of oxazole rings is 1. The van der Waals surface area contributed by atoms with E-state index in [1.54, 1.807) is 24.4 Å². The molecular weight excluding hydrogens is 329 g/mol. The summed E-state index contributed by atoms with van der Waals surface area (Å²) in [5, 5.41) is 0. The fourth-order valence-corrected chi connectivity index (χ4v) is 3.16. The average molecular weight is 345 g/mol. The molecule has 0 amide bonds. The lowest BCUT2D eigenvalue weighted by atomic mass is 10.2. The van der Waals surface area contributed by atoms with Crippen molar-refractivity contribution in [2.45, 2.75) is 25.4 Å². The monoisotopic (exact) mass is 345 g/mol. The number of nitrogens with zero attached hydrogens (tertiary/aromatic N) is 3. The number of aromatic nitrogens is 3. The first kappa shape index (κ1) is 16.4. The van der Waals surface area contributed by atoms with Crippen molar-refractivity contribution in [1.29, 1.82) is 0 Å². The first-order valence-corrected chi connectivity index (χ1v) is 8.86. The van der Waals surface area contributed by atoms with E-state index in [1.165, 1.54) is 12.1 Å². The van der Waals surface area contributed by atoms with Crippen LogP contribution in [0.25, 0.3) is 11.4 Å². The molecular formula is C17H16FN3O2S. The van der Waals surface area contributed by atoms with Gasteiger partial charge in [0.15, 0.2) is 5.82 Å². The van der Waals surface area contributed by atoms with Crippen molar-refractivity contribution in [3.8, 4) is 11.4 Å². The zero-order valence-electron chi connectivity index (χ0n) is 13.3. The van der Waals surface area contributed by atoms with Crippen molar-refractivity contribution in [2.75, 3.05) is 0 Å². The van der Waals surface area contributed by atoms with E-state index in [9.17, 15) is 8.60 Å². The fourth-order valence-electron chi connectivity index (χ4n) is 2.17. The highest BCUT2D eigenvalue weighted by atomic mass is 32.2. The molecule has 24 heavy (non-hydrogen) atoms. The van der Waals surface area contributed by atoms with E-state index in [1.807, 2.05) is 13.8 Å². The van der Waals surface area contributed by atoms with Gasteiger partial charge >= 0.3 is 0 Å². The van der Waals surface area contributed by atoms with Crippen LogP contribution in [-0.4, -0.2) is 19.2 Å². The van der Waals surface area contributed by atoms with Crippen LogP contribution >= 0.6 is 0 Å². The van der Waals surface area contributed by atoms with Crippen molar-refractivity contribution in [3.63, 3.8) is 0 Å². The normalized spacial score (nSPS) is 12.3. The maximum atomic E-state index is 13.0. The SMILES string of the molecule is Cc1nc(C[S@](=O)Cc2ccnc(-c3ccc(F)cc3)n2)oc1C. The minimum Gasteiger partial charge on any atom is -0.445 e. The molecule has 3 rings (SSSR count). The van der Waals surface area contributed by atoms with Gasteiger partial charge in [0.25, 0.3) is 0 Å². The summed E-state index contributed by atoms with van der Waals surface area (Å²) in [6, 6.07) is 7.66. The van der Waals surface area contributed by atoms with Crippen molar-refractivity contribution >= 4 is 10.8 Å². The molecule has 0 saturated heterocycles. The summed E-state index contributed by atoms with van der Waals surface area (Å²) in [6.07, 6.45) is 1.61. The second kappa shape index (κ2) is 7.00. The van der Waals surface area contributed by atoms with Gasteiger partial charge < -0.3 is 4.42 Å². The van der Waals surface area contributed by atoms with Crippen LogP contribution < -0.4 is 0 Å². The number of halogens is 1. The van der Waals surface area contributed by atoms with Gasteiger partial charge in [-0.3, -0.25) is 4.21 Å². The second-order valence-corrected chi connectivity index (χ2v) is 6.81. The summed E-state index contributed by atoms with van der Waals surface area (Å²) >= 11 is 0. The first-order valence-electron chi connectivity index (χ1n) is 7.37. The summed E-state index contributed by atoms with van der Waals surface area (Å²) in [6.45, 7) is 3.68. The lowest BCUT2D eigenvalue weighted by molar-refractivity contribution is 0.487. The molecule has 2 aromatic heterocycles. The molecule has 0 aliphatic rings. The van der Waals surface area contributed by atoms with E-state index in [4.69, 9.17) is 4.42 Å². The van der Waals surface area contributed by atoms with E-state index >= 15 is 0 Å². The van der Waals surface area contributed by atoms with Gasteiger partial charge in [0, 0.05) is 22.6 Å². The van der Waals surface area contributed by atoms with Gasteiger partial charge in [-0.25, -0.2) is 19.3 Å². The Bertz CT molecular complexity index is 858. The molecule has 1 aromatic carbocycles. The van der Waals surface area contributed by atoms with Crippen LogP contribution in [0.2, 0.25) is 0 Å². The van der Waals surface area contributed by atoms with Crippen LogP contribution in [0.4, 0.5) is 4.39 Å². The van der Waals surface area contributed by atoms with Crippen LogP contribution in [0.3, 0.4) is 0 Å². The van der Waals surface area contributed by atoms with E-state index in [-0.39, 0.29) is 17.3 Å².